The predicted molar refractivity (Wildman–Crippen MR) is 94.5 cm³/mol. The number of ketones is 1. The second-order valence-electron chi connectivity index (χ2n) is 5.93. The molecule has 0 bridgehead atoms. The van der Waals surface area contributed by atoms with Gasteiger partial charge >= 0.3 is 0 Å². The highest BCUT2D eigenvalue weighted by Gasteiger charge is 2.30. The lowest BCUT2D eigenvalue weighted by molar-refractivity contribution is 0.0945. The van der Waals surface area contributed by atoms with E-state index in [1.54, 1.807) is 34.5 Å². The summed E-state index contributed by atoms with van der Waals surface area (Å²) in [6.45, 7) is 0. The van der Waals surface area contributed by atoms with Crippen molar-refractivity contribution in [2.24, 2.45) is 0 Å². The molecule has 0 radical (unpaired) electrons. The van der Waals surface area contributed by atoms with Gasteiger partial charge in [0.05, 0.1) is 28.4 Å². The molecule has 0 aliphatic heterocycles. The minimum atomic E-state index is -0.203. The Morgan fingerprint density at radius 2 is 1.40 bits per heavy atom. The van der Waals surface area contributed by atoms with E-state index in [1.165, 1.54) is 0 Å². The molecule has 0 fully saturated rings. The number of fused-ring (bicyclic) bond motifs is 1. The van der Waals surface area contributed by atoms with E-state index in [-0.39, 0.29) is 11.7 Å². The Morgan fingerprint density at radius 3 is 2.04 bits per heavy atom. The van der Waals surface area contributed by atoms with Crippen LogP contribution in [0.1, 0.15) is 33.8 Å². The van der Waals surface area contributed by atoms with Crippen molar-refractivity contribution in [1.29, 1.82) is 0 Å². The van der Waals surface area contributed by atoms with E-state index >= 15 is 0 Å². The van der Waals surface area contributed by atoms with Crippen LogP contribution >= 0.6 is 0 Å². The van der Waals surface area contributed by atoms with Gasteiger partial charge < -0.3 is 18.9 Å². The van der Waals surface area contributed by atoms with Crippen molar-refractivity contribution < 1.29 is 23.7 Å². The van der Waals surface area contributed by atoms with Gasteiger partial charge in [0.1, 0.15) is 0 Å². The lowest BCUT2D eigenvalue weighted by Gasteiger charge is -2.25. The zero-order chi connectivity index (χ0) is 18.0. The van der Waals surface area contributed by atoms with Gasteiger partial charge in [-0.2, -0.15) is 0 Å². The summed E-state index contributed by atoms with van der Waals surface area (Å²) in [6, 6.07) is 9.33. The van der Waals surface area contributed by atoms with Crippen molar-refractivity contribution in [3.05, 3.63) is 47.0 Å². The van der Waals surface area contributed by atoms with Gasteiger partial charge in [0, 0.05) is 11.5 Å². The van der Waals surface area contributed by atoms with Gasteiger partial charge in [0.2, 0.25) is 0 Å². The molecule has 2 aromatic rings. The highest BCUT2D eigenvalue weighted by molar-refractivity contribution is 6.03. The number of aryl methyl sites for hydroxylation is 1. The van der Waals surface area contributed by atoms with Gasteiger partial charge in [-0.3, -0.25) is 4.79 Å². The van der Waals surface area contributed by atoms with Crippen LogP contribution in [-0.2, 0) is 6.42 Å². The average Bonchev–Trinajstić information content (AvgIpc) is 2.66. The van der Waals surface area contributed by atoms with Crippen molar-refractivity contribution in [1.82, 2.24) is 0 Å². The summed E-state index contributed by atoms with van der Waals surface area (Å²) in [5.41, 5.74) is 2.63. The molecule has 1 atom stereocenters. The fourth-order valence-electron chi connectivity index (χ4n) is 3.36. The minimum Gasteiger partial charge on any atom is -0.493 e. The number of carbonyl (C=O) groups is 1. The smallest absolute Gasteiger partial charge is 0.170 e. The van der Waals surface area contributed by atoms with Crippen molar-refractivity contribution in [2.75, 3.05) is 28.4 Å². The maximum atomic E-state index is 13.1. The summed E-state index contributed by atoms with van der Waals surface area (Å²) in [6.07, 6.45) is 1.55. The summed E-state index contributed by atoms with van der Waals surface area (Å²) in [7, 11) is 6.36. The number of hydrogen-bond donors (Lipinski definition) is 0. The topological polar surface area (TPSA) is 54.0 Å². The predicted octanol–water partition coefficient (Wildman–Crippen LogP) is 3.63. The molecule has 0 aromatic heterocycles. The lowest BCUT2D eigenvalue weighted by atomic mass is 9.79. The van der Waals surface area contributed by atoms with Gasteiger partial charge in [0.25, 0.3) is 0 Å². The highest BCUT2D eigenvalue weighted by Crippen LogP contribution is 2.40. The molecular weight excluding hydrogens is 320 g/mol. The Morgan fingerprint density at radius 1 is 0.800 bits per heavy atom. The fraction of sp³-hybridized carbons (Fsp3) is 0.350. The molecule has 0 heterocycles. The summed E-state index contributed by atoms with van der Waals surface area (Å²) in [4.78, 5) is 13.1. The molecule has 0 saturated heterocycles. The van der Waals surface area contributed by atoms with Crippen LogP contribution in [0, 0.1) is 0 Å². The van der Waals surface area contributed by atoms with Gasteiger partial charge in [-0.25, -0.2) is 0 Å². The third kappa shape index (κ3) is 3.02. The molecule has 1 aliphatic rings. The molecule has 0 saturated carbocycles. The number of Topliss-reactive ketones (excluding diaryl/α,β-unsaturated/α-hetero) is 1. The van der Waals surface area contributed by atoms with Crippen LogP contribution in [0.15, 0.2) is 30.3 Å². The zero-order valence-electron chi connectivity index (χ0n) is 14.9. The van der Waals surface area contributed by atoms with Crippen LogP contribution in [0.4, 0.5) is 0 Å². The summed E-state index contributed by atoms with van der Waals surface area (Å²) in [5, 5.41) is 0. The van der Waals surface area contributed by atoms with E-state index in [0.717, 1.165) is 24.0 Å². The molecule has 2 aromatic carbocycles. The van der Waals surface area contributed by atoms with E-state index in [1.807, 2.05) is 24.3 Å². The maximum absolute atomic E-state index is 13.1. The molecule has 0 unspecified atom stereocenters. The summed E-state index contributed by atoms with van der Waals surface area (Å²) < 4.78 is 21.3. The number of ether oxygens (including phenoxy) is 4. The summed E-state index contributed by atoms with van der Waals surface area (Å²) >= 11 is 0. The molecule has 0 amide bonds. The monoisotopic (exact) mass is 342 g/mol. The zero-order valence-corrected chi connectivity index (χ0v) is 14.9. The third-order valence-electron chi connectivity index (χ3n) is 4.70. The van der Waals surface area contributed by atoms with Gasteiger partial charge in [-0.1, -0.05) is 6.07 Å². The second-order valence-corrected chi connectivity index (χ2v) is 5.93. The Kier molecular flexibility index (Phi) is 4.83. The van der Waals surface area contributed by atoms with E-state index in [2.05, 4.69) is 0 Å². The highest BCUT2D eigenvalue weighted by atomic mass is 16.5. The van der Waals surface area contributed by atoms with E-state index < -0.39 is 0 Å². The molecule has 1 aliphatic carbocycles. The maximum Gasteiger partial charge on any atom is 0.170 e. The SMILES string of the molecule is COc1ccc([C@H]2CCc3cc(OC)c(OC)cc3C2=O)cc1OC. The number of rotatable bonds is 5. The van der Waals surface area contributed by atoms with Crippen molar-refractivity contribution in [2.45, 2.75) is 18.8 Å². The average molecular weight is 342 g/mol. The van der Waals surface area contributed by atoms with Crippen LogP contribution < -0.4 is 18.9 Å². The molecule has 25 heavy (non-hydrogen) atoms. The number of benzene rings is 2. The number of hydrogen-bond acceptors (Lipinski definition) is 5. The van der Waals surface area contributed by atoms with Crippen molar-refractivity contribution in [3.63, 3.8) is 0 Å². The first-order chi connectivity index (χ1) is 12.1. The molecular formula is C20H22O5. The van der Waals surface area contributed by atoms with Crippen LogP contribution in [0.2, 0.25) is 0 Å². The molecule has 0 N–H and O–H groups in total. The minimum absolute atomic E-state index is 0.0921. The van der Waals surface area contributed by atoms with Crippen LogP contribution in [0.25, 0.3) is 0 Å². The molecule has 5 nitrogen and oxygen atoms in total. The molecule has 5 heteroatoms. The first-order valence-electron chi connectivity index (χ1n) is 8.14. The fourth-order valence-corrected chi connectivity index (χ4v) is 3.36. The van der Waals surface area contributed by atoms with Gasteiger partial charge in [-0.05, 0) is 48.2 Å². The van der Waals surface area contributed by atoms with Crippen LogP contribution in [0.3, 0.4) is 0 Å². The van der Waals surface area contributed by atoms with Crippen LogP contribution in [0.5, 0.6) is 23.0 Å². The van der Waals surface area contributed by atoms with E-state index in [4.69, 9.17) is 18.9 Å². The Bertz CT molecular complexity index is 797. The normalized spacial score (nSPS) is 16.2. The third-order valence-corrected chi connectivity index (χ3v) is 4.70. The number of carbonyl (C=O) groups excluding carboxylic acids is 1. The van der Waals surface area contributed by atoms with Crippen molar-refractivity contribution >= 4 is 5.78 Å². The molecule has 3 rings (SSSR count). The van der Waals surface area contributed by atoms with Gasteiger partial charge in [0.15, 0.2) is 28.8 Å². The Hall–Kier alpha value is -2.69. The quantitative estimate of drug-likeness (QED) is 0.830. The number of methoxy groups -OCH3 is 4. The van der Waals surface area contributed by atoms with E-state index in [9.17, 15) is 4.79 Å². The van der Waals surface area contributed by atoms with Crippen LogP contribution in [-0.4, -0.2) is 34.2 Å². The van der Waals surface area contributed by atoms with E-state index in [0.29, 0.717) is 28.6 Å². The first kappa shape index (κ1) is 17.1. The second kappa shape index (κ2) is 7.05. The first-order valence-corrected chi connectivity index (χ1v) is 8.14. The van der Waals surface area contributed by atoms with Crippen molar-refractivity contribution in [3.8, 4) is 23.0 Å². The Balaban J connectivity index is 1.99. The van der Waals surface area contributed by atoms with Gasteiger partial charge in [-0.15, -0.1) is 0 Å². The Labute approximate surface area is 147 Å². The molecule has 132 valence electrons. The summed E-state index contributed by atoms with van der Waals surface area (Å²) in [5.74, 6) is 2.40. The largest absolute Gasteiger partial charge is 0.493 e. The molecule has 0 spiro atoms. The lowest BCUT2D eigenvalue weighted by Crippen LogP contribution is -2.21. The standard InChI is InChI=1S/C20H22O5/c1-22-16-8-6-12(9-17(16)23-2)14-7-5-13-10-18(24-3)19(25-4)11-15(13)20(14)21/h6,8-11,14H,5,7H2,1-4H3/t14-/m1/s1.